The van der Waals surface area contributed by atoms with E-state index < -0.39 is 0 Å². The summed E-state index contributed by atoms with van der Waals surface area (Å²) in [5.74, 6) is 0.170. The maximum Gasteiger partial charge on any atom is 0.235 e. The zero-order chi connectivity index (χ0) is 16.4. The average molecular weight is 351 g/mol. The van der Waals surface area contributed by atoms with Crippen molar-refractivity contribution in [2.45, 2.75) is 37.1 Å². The molecule has 1 aromatic carbocycles. The van der Waals surface area contributed by atoms with Crippen molar-refractivity contribution in [2.24, 2.45) is 0 Å². The summed E-state index contributed by atoms with van der Waals surface area (Å²) in [4.78, 5) is 14.4. The number of nitrogens with zero attached hydrogens (tertiary/aromatic N) is 4. The Kier molecular flexibility index (Phi) is 4.92. The van der Waals surface area contributed by atoms with E-state index in [1.807, 2.05) is 41.5 Å². The van der Waals surface area contributed by atoms with E-state index in [1.54, 1.807) is 6.33 Å². The molecule has 0 N–H and O–H groups in total. The fraction of sp³-hybridized carbons (Fsp3) is 0.438. The number of halogens is 1. The summed E-state index contributed by atoms with van der Waals surface area (Å²) in [6.07, 6.45) is 3.85. The molecule has 0 aliphatic carbocycles. The van der Waals surface area contributed by atoms with Crippen molar-refractivity contribution in [1.82, 2.24) is 19.7 Å². The first kappa shape index (κ1) is 16.3. The van der Waals surface area contributed by atoms with E-state index in [0.717, 1.165) is 37.2 Å². The zero-order valence-corrected chi connectivity index (χ0v) is 14.8. The molecule has 0 unspecified atom stereocenters. The summed E-state index contributed by atoms with van der Waals surface area (Å²) >= 11 is 7.64. The van der Waals surface area contributed by atoms with Gasteiger partial charge in [0.1, 0.15) is 6.33 Å². The number of hydrogen-bond donors (Lipinski definition) is 0. The van der Waals surface area contributed by atoms with Crippen molar-refractivity contribution < 1.29 is 4.79 Å². The Morgan fingerprint density at radius 2 is 2.09 bits per heavy atom. The van der Waals surface area contributed by atoms with E-state index in [9.17, 15) is 4.79 Å². The van der Waals surface area contributed by atoms with Crippen molar-refractivity contribution in [1.29, 1.82) is 0 Å². The fourth-order valence-corrected chi connectivity index (χ4v) is 3.72. The van der Waals surface area contributed by atoms with E-state index in [1.165, 1.54) is 11.8 Å². The van der Waals surface area contributed by atoms with Crippen LogP contribution >= 0.6 is 23.4 Å². The highest BCUT2D eigenvalue weighted by Gasteiger charge is 2.25. The van der Waals surface area contributed by atoms with Crippen molar-refractivity contribution in [3.05, 3.63) is 35.1 Å². The Morgan fingerprint density at radius 1 is 1.35 bits per heavy atom. The van der Waals surface area contributed by atoms with Crippen molar-refractivity contribution in [2.75, 3.05) is 13.1 Å². The monoisotopic (exact) mass is 350 g/mol. The number of likely N-dealkylation sites (tertiary alicyclic amines) is 1. The largest absolute Gasteiger partial charge is 0.342 e. The smallest absolute Gasteiger partial charge is 0.235 e. The molecule has 122 valence electrons. The SMILES string of the molecule is Cc1ccc(-n2cnnc2S[C@H](C)C(=O)N2CCCC2)cc1Cl. The topological polar surface area (TPSA) is 51.0 Å². The molecule has 2 aromatic rings. The molecule has 1 atom stereocenters. The van der Waals surface area contributed by atoms with Crippen LogP contribution in [-0.4, -0.2) is 43.9 Å². The van der Waals surface area contributed by atoms with E-state index in [2.05, 4.69) is 10.2 Å². The number of hydrogen-bond acceptors (Lipinski definition) is 4. The molecule has 1 aromatic heterocycles. The summed E-state index contributed by atoms with van der Waals surface area (Å²) in [6, 6.07) is 5.82. The van der Waals surface area contributed by atoms with Gasteiger partial charge in [0.25, 0.3) is 0 Å². The van der Waals surface area contributed by atoms with Gasteiger partial charge in [-0.1, -0.05) is 29.4 Å². The molecule has 0 bridgehead atoms. The second-order valence-electron chi connectivity index (χ2n) is 5.71. The molecule has 1 aliphatic heterocycles. The number of carbonyl (C=O) groups is 1. The van der Waals surface area contributed by atoms with E-state index >= 15 is 0 Å². The van der Waals surface area contributed by atoms with Crippen LogP contribution in [0.25, 0.3) is 5.69 Å². The third kappa shape index (κ3) is 3.53. The Balaban J connectivity index is 1.77. The number of rotatable bonds is 4. The van der Waals surface area contributed by atoms with Crippen LogP contribution in [0.4, 0.5) is 0 Å². The number of aromatic nitrogens is 3. The maximum atomic E-state index is 12.4. The first-order valence-electron chi connectivity index (χ1n) is 7.68. The fourth-order valence-electron chi connectivity index (χ4n) is 2.62. The van der Waals surface area contributed by atoms with Gasteiger partial charge in [0.15, 0.2) is 5.16 Å². The molecule has 0 radical (unpaired) electrons. The summed E-state index contributed by atoms with van der Waals surface area (Å²) in [6.45, 7) is 5.62. The Bertz CT molecular complexity index is 712. The normalized spacial score (nSPS) is 15.9. The summed E-state index contributed by atoms with van der Waals surface area (Å²) in [7, 11) is 0. The lowest BCUT2D eigenvalue weighted by Crippen LogP contribution is -2.34. The third-order valence-electron chi connectivity index (χ3n) is 4.00. The summed E-state index contributed by atoms with van der Waals surface area (Å²) in [5.41, 5.74) is 1.92. The van der Waals surface area contributed by atoms with E-state index in [4.69, 9.17) is 11.6 Å². The average Bonchev–Trinajstić information content (AvgIpc) is 3.20. The molecule has 0 spiro atoms. The number of carbonyl (C=O) groups excluding carboxylic acids is 1. The van der Waals surface area contributed by atoms with Gasteiger partial charge in [0, 0.05) is 18.1 Å². The third-order valence-corrected chi connectivity index (χ3v) is 5.45. The molecule has 2 heterocycles. The molecule has 5 nitrogen and oxygen atoms in total. The first-order chi connectivity index (χ1) is 11.1. The van der Waals surface area contributed by atoms with Gasteiger partial charge in [0.2, 0.25) is 5.91 Å². The minimum absolute atomic E-state index is 0.170. The van der Waals surface area contributed by atoms with Crippen LogP contribution in [0.15, 0.2) is 29.7 Å². The van der Waals surface area contributed by atoms with Crippen LogP contribution in [0.5, 0.6) is 0 Å². The molecule has 1 aliphatic rings. The van der Waals surface area contributed by atoms with Gasteiger partial charge < -0.3 is 4.90 Å². The van der Waals surface area contributed by atoms with Crippen molar-refractivity contribution in [3.63, 3.8) is 0 Å². The Morgan fingerprint density at radius 3 is 2.78 bits per heavy atom. The van der Waals surface area contributed by atoms with Crippen LogP contribution in [0, 0.1) is 6.92 Å². The van der Waals surface area contributed by atoms with Crippen LogP contribution in [0.2, 0.25) is 5.02 Å². The number of thioether (sulfide) groups is 1. The van der Waals surface area contributed by atoms with Crippen LogP contribution in [0.1, 0.15) is 25.3 Å². The molecule has 23 heavy (non-hydrogen) atoms. The number of benzene rings is 1. The summed E-state index contributed by atoms with van der Waals surface area (Å²) < 4.78 is 1.86. The first-order valence-corrected chi connectivity index (χ1v) is 8.94. The minimum Gasteiger partial charge on any atom is -0.342 e. The quantitative estimate of drug-likeness (QED) is 0.794. The Labute approximate surface area is 145 Å². The highest BCUT2D eigenvalue weighted by atomic mass is 35.5. The molecule has 7 heteroatoms. The maximum absolute atomic E-state index is 12.4. The molecule has 0 saturated carbocycles. The van der Waals surface area contributed by atoms with Crippen molar-refractivity contribution >= 4 is 29.3 Å². The zero-order valence-electron chi connectivity index (χ0n) is 13.2. The van der Waals surface area contributed by atoms with Gasteiger partial charge in [-0.15, -0.1) is 10.2 Å². The summed E-state index contributed by atoms with van der Waals surface area (Å²) in [5, 5.41) is 9.36. The molecule has 1 fully saturated rings. The molecule has 3 rings (SSSR count). The highest BCUT2D eigenvalue weighted by molar-refractivity contribution is 8.00. The van der Waals surface area contributed by atoms with E-state index in [0.29, 0.717) is 10.2 Å². The van der Waals surface area contributed by atoms with Crippen molar-refractivity contribution in [3.8, 4) is 5.69 Å². The van der Waals surface area contributed by atoms with Crippen LogP contribution in [0.3, 0.4) is 0 Å². The van der Waals surface area contributed by atoms with Gasteiger partial charge in [0.05, 0.1) is 10.9 Å². The lowest BCUT2D eigenvalue weighted by atomic mass is 10.2. The Hall–Kier alpha value is -1.53. The predicted octanol–water partition coefficient (Wildman–Crippen LogP) is 3.33. The lowest BCUT2D eigenvalue weighted by molar-refractivity contribution is -0.129. The minimum atomic E-state index is -0.183. The molecular weight excluding hydrogens is 332 g/mol. The highest BCUT2D eigenvalue weighted by Crippen LogP contribution is 2.27. The standard InChI is InChI=1S/C16H19ClN4OS/c1-11-5-6-13(9-14(11)17)21-10-18-19-16(21)23-12(2)15(22)20-7-3-4-8-20/h5-6,9-10,12H,3-4,7-8H2,1-2H3/t12-/m1/s1. The van der Waals surface area contributed by atoms with Gasteiger partial charge >= 0.3 is 0 Å². The van der Waals surface area contributed by atoms with Gasteiger partial charge in [-0.25, -0.2) is 0 Å². The number of amides is 1. The second-order valence-corrected chi connectivity index (χ2v) is 7.42. The predicted molar refractivity (Wildman–Crippen MR) is 92.2 cm³/mol. The van der Waals surface area contributed by atoms with Crippen LogP contribution < -0.4 is 0 Å². The lowest BCUT2D eigenvalue weighted by Gasteiger charge is -2.19. The van der Waals surface area contributed by atoms with Gasteiger partial charge in [-0.05, 0) is 44.4 Å². The second kappa shape index (κ2) is 6.93. The molecule has 1 saturated heterocycles. The van der Waals surface area contributed by atoms with Gasteiger partial charge in [-0.2, -0.15) is 0 Å². The van der Waals surface area contributed by atoms with Crippen LogP contribution in [-0.2, 0) is 4.79 Å². The van der Waals surface area contributed by atoms with E-state index in [-0.39, 0.29) is 11.2 Å². The number of aryl methyl sites for hydroxylation is 1. The molecular formula is C16H19ClN4OS. The molecule has 1 amide bonds. The van der Waals surface area contributed by atoms with Gasteiger partial charge in [-0.3, -0.25) is 9.36 Å².